The van der Waals surface area contributed by atoms with Gasteiger partial charge in [-0.3, -0.25) is 9.59 Å². The molecule has 160 valence electrons. The summed E-state index contributed by atoms with van der Waals surface area (Å²) in [5, 5.41) is 4.72. The third-order valence-electron chi connectivity index (χ3n) is 5.72. The molecule has 1 aliphatic rings. The first-order valence-electron chi connectivity index (χ1n) is 10.3. The average molecular weight is 437 g/mol. The maximum Gasteiger partial charge on any atom is 0.243 e. The molecule has 1 fully saturated rings. The number of ketones is 1. The highest BCUT2D eigenvalue weighted by Crippen LogP contribution is 2.27. The van der Waals surface area contributed by atoms with E-state index >= 15 is 0 Å². The molecule has 0 radical (unpaired) electrons. The molecule has 1 N–H and O–H groups in total. The summed E-state index contributed by atoms with van der Waals surface area (Å²) in [6.45, 7) is 2.06. The van der Waals surface area contributed by atoms with Gasteiger partial charge in [-0.25, -0.2) is 8.42 Å². The van der Waals surface area contributed by atoms with Crippen molar-refractivity contribution >= 4 is 38.2 Å². The molecule has 0 spiro atoms. The van der Waals surface area contributed by atoms with Crippen LogP contribution in [0.25, 0.3) is 10.8 Å². The molecule has 31 heavy (non-hydrogen) atoms. The Balaban J connectivity index is 1.42. The zero-order valence-electron chi connectivity index (χ0n) is 17.2. The van der Waals surface area contributed by atoms with Gasteiger partial charge >= 0.3 is 0 Å². The van der Waals surface area contributed by atoms with E-state index in [9.17, 15) is 18.0 Å². The molecule has 0 atom stereocenters. The molecule has 3 aromatic carbocycles. The van der Waals surface area contributed by atoms with Crippen molar-refractivity contribution in [3.05, 3.63) is 72.3 Å². The first-order chi connectivity index (χ1) is 14.8. The van der Waals surface area contributed by atoms with Crippen LogP contribution in [0.1, 0.15) is 30.1 Å². The zero-order chi connectivity index (χ0) is 22.0. The number of fused-ring (bicyclic) bond motifs is 1. The van der Waals surface area contributed by atoms with Crippen LogP contribution in [0.5, 0.6) is 0 Å². The molecule has 0 aromatic heterocycles. The summed E-state index contributed by atoms with van der Waals surface area (Å²) in [4.78, 5) is 24.5. The predicted molar refractivity (Wildman–Crippen MR) is 121 cm³/mol. The first kappa shape index (κ1) is 21.2. The molecule has 7 heteroatoms. The van der Waals surface area contributed by atoms with Crippen molar-refractivity contribution in [3.63, 3.8) is 0 Å². The van der Waals surface area contributed by atoms with Gasteiger partial charge < -0.3 is 5.32 Å². The average Bonchev–Trinajstić information content (AvgIpc) is 2.79. The maximum atomic E-state index is 13.1. The lowest BCUT2D eigenvalue weighted by atomic mass is 9.97. The minimum atomic E-state index is -3.61. The Morgan fingerprint density at radius 3 is 2.32 bits per heavy atom. The van der Waals surface area contributed by atoms with Crippen molar-refractivity contribution in [2.45, 2.75) is 24.7 Å². The Labute approximate surface area is 181 Å². The number of anilines is 1. The predicted octanol–water partition coefficient (Wildman–Crippen LogP) is 4.08. The number of nitrogens with zero attached hydrogens (tertiary/aromatic N) is 1. The standard InChI is InChI=1S/C24H24N2O4S/c1-17(27)20-7-4-8-22(15-20)25-24(28)19-11-13-26(14-12-19)31(29,30)23-10-9-18-5-2-3-6-21(18)16-23/h2-10,15-16,19H,11-14H2,1H3,(H,25,28). The summed E-state index contributed by atoms with van der Waals surface area (Å²) < 4.78 is 27.6. The van der Waals surface area contributed by atoms with Gasteiger partial charge in [0, 0.05) is 30.3 Å². The summed E-state index contributed by atoms with van der Waals surface area (Å²) in [5.74, 6) is -0.490. The fourth-order valence-corrected chi connectivity index (χ4v) is 5.40. The van der Waals surface area contributed by atoms with Crippen LogP contribution in [0, 0.1) is 5.92 Å². The Bertz CT molecular complexity index is 1250. The van der Waals surface area contributed by atoms with E-state index in [2.05, 4.69) is 5.32 Å². The van der Waals surface area contributed by atoms with Crippen LogP contribution in [0.2, 0.25) is 0 Å². The molecule has 0 aliphatic carbocycles. The molecule has 1 heterocycles. The first-order valence-corrected chi connectivity index (χ1v) is 11.7. The molecule has 0 bridgehead atoms. The number of rotatable bonds is 5. The van der Waals surface area contributed by atoms with Crippen LogP contribution in [0.15, 0.2) is 71.6 Å². The fraction of sp³-hybridized carbons (Fsp3) is 0.250. The normalized spacial score (nSPS) is 15.6. The van der Waals surface area contributed by atoms with Gasteiger partial charge in [-0.1, -0.05) is 42.5 Å². The molecule has 1 saturated heterocycles. The topological polar surface area (TPSA) is 83.6 Å². The third-order valence-corrected chi connectivity index (χ3v) is 7.61. The Morgan fingerprint density at radius 2 is 1.61 bits per heavy atom. The van der Waals surface area contributed by atoms with E-state index < -0.39 is 10.0 Å². The summed E-state index contributed by atoms with van der Waals surface area (Å²) in [5.41, 5.74) is 1.11. The van der Waals surface area contributed by atoms with E-state index in [-0.39, 0.29) is 22.5 Å². The molecule has 3 aromatic rings. The van der Waals surface area contributed by atoms with Crippen LogP contribution in [-0.4, -0.2) is 37.5 Å². The lowest BCUT2D eigenvalue weighted by molar-refractivity contribution is -0.120. The molecule has 0 saturated carbocycles. The fourth-order valence-electron chi connectivity index (χ4n) is 3.90. The second-order valence-corrected chi connectivity index (χ2v) is 9.75. The van der Waals surface area contributed by atoms with Gasteiger partial charge in [0.1, 0.15) is 0 Å². The van der Waals surface area contributed by atoms with Crippen molar-refractivity contribution in [2.75, 3.05) is 18.4 Å². The summed E-state index contributed by atoms with van der Waals surface area (Å²) >= 11 is 0. The van der Waals surface area contributed by atoms with Crippen LogP contribution in [0.3, 0.4) is 0 Å². The second-order valence-electron chi connectivity index (χ2n) is 7.81. The number of nitrogens with one attached hydrogen (secondary N) is 1. The number of carbonyl (C=O) groups is 2. The minimum Gasteiger partial charge on any atom is -0.326 e. The lowest BCUT2D eigenvalue weighted by Gasteiger charge is -2.30. The monoisotopic (exact) mass is 436 g/mol. The SMILES string of the molecule is CC(=O)c1cccc(NC(=O)C2CCN(S(=O)(=O)c3ccc4ccccc4c3)CC2)c1. The number of sulfonamides is 1. The molecule has 6 nitrogen and oxygen atoms in total. The lowest BCUT2D eigenvalue weighted by Crippen LogP contribution is -2.41. The van der Waals surface area contributed by atoms with E-state index in [0.29, 0.717) is 37.2 Å². The second kappa shape index (κ2) is 8.61. The van der Waals surface area contributed by atoms with E-state index in [1.54, 1.807) is 36.4 Å². The largest absolute Gasteiger partial charge is 0.326 e. The Hall–Kier alpha value is -3.03. The number of benzene rings is 3. The van der Waals surface area contributed by atoms with Crippen molar-refractivity contribution in [3.8, 4) is 0 Å². The van der Waals surface area contributed by atoms with Crippen molar-refractivity contribution in [1.82, 2.24) is 4.31 Å². The van der Waals surface area contributed by atoms with E-state index in [0.717, 1.165) is 10.8 Å². The molecular formula is C24H24N2O4S. The zero-order valence-corrected chi connectivity index (χ0v) is 18.1. The summed E-state index contributed by atoms with van der Waals surface area (Å²) in [6.07, 6.45) is 0.899. The van der Waals surface area contributed by atoms with Gasteiger partial charge in [0.05, 0.1) is 4.90 Å². The van der Waals surface area contributed by atoms with Gasteiger partial charge in [-0.2, -0.15) is 4.31 Å². The van der Waals surface area contributed by atoms with E-state index in [4.69, 9.17) is 0 Å². The van der Waals surface area contributed by atoms with Gasteiger partial charge in [0.2, 0.25) is 15.9 Å². The number of carbonyl (C=O) groups excluding carboxylic acids is 2. The molecule has 0 unspecified atom stereocenters. The van der Waals surface area contributed by atoms with Crippen LogP contribution >= 0.6 is 0 Å². The van der Waals surface area contributed by atoms with Gasteiger partial charge in [0.15, 0.2) is 5.78 Å². The van der Waals surface area contributed by atoms with E-state index in [1.807, 2.05) is 30.3 Å². The highest BCUT2D eigenvalue weighted by molar-refractivity contribution is 7.89. The van der Waals surface area contributed by atoms with Crippen molar-refractivity contribution in [1.29, 1.82) is 0 Å². The third kappa shape index (κ3) is 4.52. The Morgan fingerprint density at radius 1 is 0.903 bits per heavy atom. The smallest absolute Gasteiger partial charge is 0.243 e. The molecule has 1 aliphatic heterocycles. The number of amides is 1. The van der Waals surface area contributed by atoms with Crippen LogP contribution in [-0.2, 0) is 14.8 Å². The number of piperidine rings is 1. The Kier molecular flexibility index (Phi) is 5.89. The summed E-state index contributed by atoms with van der Waals surface area (Å²) in [7, 11) is -3.61. The number of hydrogen-bond donors (Lipinski definition) is 1. The molecular weight excluding hydrogens is 412 g/mol. The van der Waals surface area contributed by atoms with Gasteiger partial charge in [0.25, 0.3) is 0 Å². The van der Waals surface area contributed by atoms with Crippen molar-refractivity contribution < 1.29 is 18.0 Å². The van der Waals surface area contributed by atoms with E-state index in [1.165, 1.54) is 11.2 Å². The minimum absolute atomic E-state index is 0.0664. The number of Topliss-reactive ketones (excluding diaryl/α,β-unsaturated/α-hetero) is 1. The van der Waals surface area contributed by atoms with Crippen LogP contribution < -0.4 is 5.32 Å². The van der Waals surface area contributed by atoms with Gasteiger partial charge in [-0.15, -0.1) is 0 Å². The quantitative estimate of drug-likeness (QED) is 0.611. The molecule has 1 amide bonds. The van der Waals surface area contributed by atoms with Crippen LogP contribution in [0.4, 0.5) is 5.69 Å². The summed E-state index contributed by atoms with van der Waals surface area (Å²) in [6, 6.07) is 19.6. The molecule has 4 rings (SSSR count). The van der Waals surface area contributed by atoms with Gasteiger partial charge in [-0.05, 0) is 54.8 Å². The highest BCUT2D eigenvalue weighted by atomic mass is 32.2. The number of hydrogen-bond acceptors (Lipinski definition) is 4. The maximum absolute atomic E-state index is 13.1. The highest BCUT2D eigenvalue weighted by Gasteiger charge is 2.32. The van der Waals surface area contributed by atoms with Crippen molar-refractivity contribution in [2.24, 2.45) is 5.92 Å².